The molecule has 1 aliphatic carbocycles. The van der Waals surface area contributed by atoms with E-state index >= 15 is 0 Å². The average molecular weight is 240 g/mol. The fourth-order valence-electron chi connectivity index (χ4n) is 1.72. The van der Waals surface area contributed by atoms with Crippen LogP contribution in [0.5, 0.6) is 0 Å². The Morgan fingerprint density at radius 1 is 1.56 bits per heavy atom. The lowest BCUT2D eigenvalue weighted by Crippen LogP contribution is -2.14. The van der Waals surface area contributed by atoms with E-state index in [1.807, 2.05) is 0 Å². The second kappa shape index (κ2) is 5.25. The normalized spacial score (nSPS) is 17.7. The van der Waals surface area contributed by atoms with Gasteiger partial charge >= 0.3 is 0 Å². The molecule has 0 bridgehead atoms. The summed E-state index contributed by atoms with van der Waals surface area (Å²) in [4.78, 5) is 5.96. The molecule has 1 aromatic rings. The van der Waals surface area contributed by atoms with Crippen LogP contribution in [0, 0.1) is 6.92 Å². The first-order valence-corrected chi connectivity index (χ1v) is 6.78. The van der Waals surface area contributed by atoms with Crippen molar-refractivity contribution in [1.29, 1.82) is 0 Å². The van der Waals surface area contributed by atoms with Gasteiger partial charge in [-0.3, -0.25) is 0 Å². The number of methoxy groups -OCH3 is 1. The number of nitrogens with zero attached hydrogens (tertiary/aromatic N) is 1. The Labute approximate surface area is 101 Å². The third-order valence-electron chi connectivity index (χ3n) is 2.97. The molecule has 0 amide bonds. The van der Waals surface area contributed by atoms with Gasteiger partial charge in [-0.25, -0.2) is 4.98 Å². The van der Waals surface area contributed by atoms with Gasteiger partial charge in [0.15, 0.2) is 0 Å². The van der Waals surface area contributed by atoms with Crippen molar-refractivity contribution in [3.63, 3.8) is 0 Å². The minimum absolute atomic E-state index is 0.165. The number of nitrogens with one attached hydrogen (secondary N) is 1. The minimum atomic E-state index is 0.165. The molecule has 0 aromatic carbocycles. The monoisotopic (exact) mass is 240 g/mol. The zero-order valence-corrected chi connectivity index (χ0v) is 11.1. The fourth-order valence-corrected chi connectivity index (χ4v) is 2.90. The van der Waals surface area contributed by atoms with Crippen LogP contribution < -0.4 is 5.32 Å². The highest BCUT2D eigenvalue weighted by molar-refractivity contribution is 7.11. The van der Waals surface area contributed by atoms with Crippen LogP contribution in [0.1, 0.15) is 47.9 Å². The molecule has 0 radical (unpaired) electrons. The third-order valence-corrected chi connectivity index (χ3v) is 4.22. The molecule has 90 valence electrons. The average Bonchev–Trinajstić information content (AvgIpc) is 3.03. The standard InChI is InChI=1S/C12H20N2OS/c1-4-10(15-3)12-14-8(2)11(16-12)7-13-9-5-6-9/h9-10,13H,4-7H2,1-3H3. The van der Waals surface area contributed by atoms with Crippen LogP contribution >= 0.6 is 11.3 Å². The Kier molecular flexibility index (Phi) is 3.95. The van der Waals surface area contributed by atoms with Crippen molar-refractivity contribution in [3.8, 4) is 0 Å². The van der Waals surface area contributed by atoms with Gasteiger partial charge in [-0.05, 0) is 26.2 Å². The molecule has 1 aromatic heterocycles. The van der Waals surface area contributed by atoms with Gasteiger partial charge in [0.25, 0.3) is 0 Å². The van der Waals surface area contributed by atoms with Crippen molar-refractivity contribution in [3.05, 3.63) is 15.6 Å². The summed E-state index contributed by atoms with van der Waals surface area (Å²) in [6.45, 7) is 5.19. The van der Waals surface area contributed by atoms with Crippen molar-refractivity contribution in [1.82, 2.24) is 10.3 Å². The SMILES string of the molecule is CCC(OC)c1nc(C)c(CNC2CC2)s1. The highest BCUT2D eigenvalue weighted by Crippen LogP contribution is 2.28. The maximum Gasteiger partial charge on any atom is 0.122 e. The molecule has 16 heavy (non-hydrogen) atoms. The lowest BCUT2D eigenvalue weighted by molar-refractivity contribution is 0.0997. The predicted molar refractivity (Wildman–Crippen MR) is 66.8 cm³/mol. The van der Waals surface area contributed by atoms with Crippen molar-refractivity contribution in [2.75, 3.05) is 7.11 Å². The molecule has 1 N–H and O–H groups in total. The highest BCUT2D eigenvalue weighted by Gasteiger charge is 2.21. The summed E-state index contributed by atoms with van der Waals surface area (Å²) in [6.07, 6.45) is 3.82. The van der Waals surface area contributed by atoms with Crippen molar-refractivity contribution >= 4 is 11.3 Å². The Morgan fingerprint density at radius 2 is 2.31 bits per heavy atom. The number of aryl methyl sites for hydroxylation is 1. The van der Waals surface area contributed by atoms with Gasteiger partial charge in [0.05, 0.1) is 5.69 Å². The summed E-state index contributed by atoms with van der Waals surface area (Å²) >= 11 is 1.79. The fraction of sp³-hybridized carbons (Fsp3) is 0.750. The van der Waals surface area contributed by atoms with E-state index in [0.717, 1.165) is 29.7 Å². The van der Waals surface area contributed by atoms with Crippen molar-refractivity contribution < 1.29 is 4.74 Å². The number of thiazole rings is 1. The van der Waals surface area contributed by atoms with Crippen LogP contribution in [0.25, 0.3) is 0 Å². The molecule has 0 spiro atoms. The number of rotatable bonds is 6. The zero-order chi connectivity index (χ0) is 11.5. The molecule has 0 aliphatic heterocycles. The Hall–Kier alpha value is -0.450. The summed E-state index contributed by atoms with van der Waals surface area (Å²) in [6, 6.07) is 0.759. The largest absolute Gasteiger partial charge is 0.374 e. The molecule has 2 rings (SSSR count). The van der Waals surface area contributed by atoms with Gasteiger partial charge in [0, 0.05) is 24.6 Å². The number of hydrogen-bond donors (Lipinski definition) is 1. The lowest BCUT2D eigenvalue weighted by Gasteiger charge is -2.08. The number of hydrogen-bond acceptors (Lipinski definition) is 4. The van der Waals surface area contributed by atoms with E-state index in [2.05, 4.69) is 24.1 Å². The molecule has 3 nitrogen and oxygen atoms in total. The van der Waals surface area contributed by atoms with Crippen LogP contribution in [0.15, 0.2) is 0 Å². The van der Waals surface area contributed by atoms with E-state index in [1.165, 1.54) is 17.7 Å². The summed E-state index contributed by atoms with van der Waals surface area (Å²) in [5.41, 5.74) is 1.16. The Morgan fingerprint density at radius 3 is 2.88 bits per heavy atom. The summed E-state index contributed by atoms with van der Waals surface area (Å²) in [7, 11) is 1.76. The van der Waals surface area contributed by atoms with Gasteiger partial charge < -0.3 is 10.1 Å². The van der Waals surface area contributed by atoms with Gasteiger partial charge in [-0.2, -0.15) is 0 Å². The molecule has 1 atom stereocenters. The van der Waals surface area contributed by atoms with Gasteiger partial charge in [0.1, 0.15) is 11.1 Å². The van der Waals surface area contributed by atoms with Crippen LogP contribution in [0.4, 0.5) is 0 Å². The first-order chi connectivity index (χ1) is 7.74. The van der Waals surface area contributed by atoms with Crippen LogP contribution in [0.3, 0.4) is 0 Å². The molecule has 1 fully saturated rings. The number of aromatic nitrogens is 1. The molecule has 1 unspecified atom stereocenters. The van der Waals surface area contributed by atoms with E-state index in [-0.39, 0.29) is 6.10 Å². The molecule has 1 saturated carbocycles. The van der Waals surface area contributed by atoms with E-state index in [1.54, 1.807) is 18.4 Å². The van der Waals surface area contributed by atoms with Gasteiger partial charge in [-0.1, -0.05) is 6.92 Å². The number of ether oxygens (including phenoxy) is 1. The smallest absolute Gasteiger partial charge is 0.122 e. The zero-order valence-electron chi connectivity index (χ0n) is 10.2. The predicted octanol–water partition coefficient (Wildman–Crippen LogP) is 2.80. The summed E-state index contributed by atoms with van der Waals surface area (Å²) in [5, 5.41) is 4.65. The lowest BCUT2D eigenvalue weighted by atomic mass is 10.3. The van der Waals surface area contributed by atoms with Gasteiger partial charge in [-0.15, -0.1) is 11.3 Å². The van der Waals surface area contributed by atoms with Gasteiger partial charge in [0.2, 0.25) is 0 Å². The van der Waals surface area contributed by atoms with E-state index < -0.39 is 0 Å². The highest BCUT2D eigenvalue weighted by atomic mass is 32.1. The van der Waals surface area contributed by atoms with Crippen LogP contribution in [0.2, 0.25) is 0 Å². The first-order valence-electron chi connectivity index (χ1n) is 5.97. The Bertz CT molecular complexity index is 343. The van der Waals surface area contributed by atoms with E-state index in [9.17, 15) is 0 Å². The van der Waals surface area contributed by atoms with E-state index in [4.69, 9.17) is 4.74 Å². The summed E-state index contributed by atoms with van der Waals surface area (Å²) < 4.78 is 5.42. The minimum Gasteiger partial charge on any atom is -0.374 e. The van der Waals surface area contributed by atoms with Crippen molar-refractivity contribution in [2.45, 2.75) is 51.8 Å². The van der Waals surface area contributed by atoms with Crippen LogP contribution in [-0.2, 0) is 11.3 Å². The third kappa shape index (κ3) is 2.81. The quantitative estimate of drug-likeness (QED) is 0.830. The van der Waals surface area contributed by atoms with Crippen LogP contribution in [-0.4, -0.2) is 18.1 Å². The Balaban J connectivity index is 2.01. The molecule has 4 heteroatoms. The molecule has 0 saturated heterocycles. The second-order valence-electron chi connectivity index (χ2n) is 4.35. The maximum absolute atomic E-state index is 5.42. The van der Waals surface area contributed by atoms with E-state index in [0.29, 0.717) is 0 Å². The first kappa shape index (κ1) is 12.0. The topological polar surface area (TPSA) is 34.1 Å². The maximum atomic E-state index is 5.42. The van der Waals surface area contributed by atoms with Crippen molar-refractivity contribution in [2.24, 2.45) is 0 Å². The molecule has 1 aliphatic rings. The molecular formula is C12H20N2OS. The summed E-state index contributed by atoms with van der Waals surface area (Å²) in [5.74, 6) is 0. The molecule has 1 heterocycles. The second-order valence-corrected chi connectivity index (χ2v) is 5.46. The molecular weight excluding hydrogens is 220 g/mol.